The highest BCUT2D eigenvalue weighted by Gasteiger charge is 2.20. The van der Waals surface area contributed by atoms with Crippen molar-refractivity contribution in [3.05, 3.63) is 96.8 Å². The largest absolute Gasteiger partial charge is 0.489 e. The van der Waals surface area contributed by atoms with Crippen molar-refractivity contribution in [3.8, 4) is 17.0 Å². The SMILES string of the molecule is O=C(Nc1cccc(Nc2cc(-c3ccc(OCc4ccccc4)cc3)ncn2)c1)[C@@H]1CCCCN1. The van der Waals surface area contributed by atoms with Gasteiger partial charge in [-0.1, -0.05) is 42.8 Å². The fourth-order valence-corrected chi connectivity index (χ4v) is 4.17. The van der Waals surface area contributed by atoms with E-state index in [0.29, 0.717) is 12.4 Å². The van der Waals surface area contributed by atoms with Gasteiger partial charge in [0, 0.05) is 23.0 Å². The molecule has 1 aromatic heterocycles. The van der Waals surface area contributed by atoms with E-state index in [4.69, 9.17) is 4.74 Å². The number of hydrogen-bond acceptors (Lipinski definition) is 6. The predicted octanol–water partition coefficient (Wildman–Crippen LogP) is 5.55. The number of rotatable bonds is 8. The fraction of sp³-hybridized carbons (Fsp3) is 0.207. The molecule has 1 saturated heterocycles. The lowest BCUT2D eigenvalue weighted by molar-refractivity contribution is -0.118. The number of aromatic nitrogens is 2. The van der Waals surface area contributed by atoms with Gasteiger partial charge in [-0.2, -0.15) is 0 Å². The van der Waals surface area contributed by atoms with Crippen molar-refractivity contribution in [1.29, 1.82) is 0 Å². The predicted molar refractivity (Wildman–Crippen MR) is 142 cm³/mol. The normalized spacial score (nSPS) is 15.2. The van der Waals surface area contributed by atoms with Crippen LogP contribution < -0.4 is 20.7 Å². The number of hydrogen-bond donors (Lipinski definition) is 3. The summed E-state index contributed by atoms with van der Waals surface area (Å²) in [6.07, 6.45) is 4.61. The molecule has 1 aliphatic rings. The zero-order valence-electron chi connectivity index (χ0n) is 20.0. The van der Waals surface area contributed by atoms with Gasteiger partial charge in [0.2, 0.25) is 5.91 Å². The Balaban J connectivity index is 1.21. The van der Waals surface area contributed by atoms with Crippen LogP contribution in [0.5, 0.6) is 5.75 Å². The molecule has 0 unspecified atom stereocenters. The lowest BCUT2D eigenvalue weighted by Gasteiger charge is -2.22. The smallest absolute Gasteiger partial charge is 0.241 e. The van der Waals surface area contributed by atoms with E-state index in [0.717, 1.165) is 59.8 Å². The summed E-state index contributed by atoms with van der Waals surface area (Å²) in [6, 6.07) is 27.4. The molecule has 7 heteroatoms. The van der Waals surface area contributed by atoms with E-state index in [1.165, 1.54) is 6.33 Å². The first-order chi connectivity index (χ1) is 17.7. The first-order valence-corrected chi connectivity index (χ1v) is 12.2. The van der Waals surface area contributed by atoms with E-state index < -0.39 is 0 Å². The average Bonchev–Trinajstić information content (AvgIpc) is 2.94. The number of anilines is 3. The molecule has 1 fully saturated rings. The van der Waals surface area contributed by atoms with Crippen LogP contribution in [0.2, 0.25) is 0 Å². The second kappa shape index (κ2) is 11.5. The topological polar surface area (TPSA) is 88.2 Å². The molecular formula is C29H29N5O2. The van der Waals surface area contributed by atoms with E-state index in [9.17, 15) is 4.79 Å². The minimum atomic E-state index is -0.130. The highest BCUT2D eigenvalue weighted by Crippen LogP contribution is 2.25. The molecule has 36 heavy (non-hydrogen) atoms. The van der Waals surface area contributed by atoms with Crippen LogP contribution in [0.4, 0.5) is 17.2 Å². The number of piperidine rings is 1. The molecule has 0 spiro atoms. The molecule has 2 heterocycles. The van der Waals surface area contributed by atoms with Gasteiger partial charge in [0.15, 0.2) is 0 Å². The van der Waals surface area contributed by atoms with Crippen molar-refractivity contribution in [2.45, 2.75) is 31.9 Å². The lowest BCUT2D eigenvalue weighted by atomic mass is 10.0. The van der Waals surface area contributed by atoms with Crippen LogP contribution in [0.3, 0.4) is 0 Å². The molecule has 7 nitrogen and oxygen atoms in total. The van der Waals surface area contributed by atoms with Gasteiger partial charge in [-0.05, 0) is 67.4 Å². The van der Waals surface area contributed by atoms with E-state index in [1.807, 2.05) is 84.9 Å². The molecule has 3 N–H and O–H groups in total. The maximum Gasteiger partial charge on any atom is 0.241 e. The van der Waals surface area contributed by atoms with E-state index >= 15 is 0 Å². The Bertz CT molecular complexity index is 1290. The molecule has 0 aliphatic carbocycles. The third-order valence-corrected chi connectivity index (χ3v) is 6.09. The van der Waals surface area contributed by atoms with Gasteiger partial charge in [0.05, 0.1) is 11.7 Å². The van der Waals surface area contributed by atoms with Gasteiger partial charge >= 0.3 is 0 Å². The number of nitrogens with one attached hydrogen (secondary N) is 3. The maximum atomic E-state index is 12.6. The van der Waals surface area contributed by atoms with Gasteiger partial charge in [-0.3, -0.25) is 4.79 Å². The highest BCUT2D eigenvalue weighted by atomic mass is 16.5. The second-order valence-electron chi connectivity index (χ2n) is 8.78. The summed E-state index contributed by atoms with van der Waals surface area (Å²) in [5.74, 6) is 1.48. The Hall–Kier alpha value is -4.23. The van der Waals surface area contributed by atoms with Gasteiger partial charge in [0.1, 0.15) is 24.5 Å². The minimum absolute atomic E-state index is 0.00682. The molecule has 3 aromatic carbocycles. The summed E-state index contributed by atoms with van der Waals surface area (Å²) in [4.78, 5) is 21.3. The van der Waals surface area contributed by atoms with Crippen LogP contribution >= 0.6 is 0 Å². The van der Waals surface area contributed by atoms with Gasteiger partial charge in [-0.25, -0.2) is 9.97 Å². The number of benzene rings is 3. The first kappa shape index (κ1) is 23.5. The zero-order valence-corrected chi connectivity index (χ0v) is 20.0. The monoisotopic (exact) mass is 479 g/mol. The molecule has 0 saturated carbocycles. The molecule has 4 aromatic rings. The maximum absolute atomic E-state index is 12.6. The minimum Gasteiger partial charge on any atom is -0.489 e. The number of nitrogens with zero attached hydrogens (tertiary/aromatic N) is 2. The van der Waals surface area contributed by atoms with Crippen LogP contribution in [-0.2, 0) is 11.4 Å². The van der Waals surface area contributed by atoms with Crippen molar-refractivity contribution in [1.82, 2.24) is 15.3 Å². The fourth-order valence-electron chi connectivity index (χ4n) is 4.17. The number of ether oxygens (including phenoxy) is 1. The number of carbonyl (C=O) groups excluding carboxylic acids is 1. The van der Waals surface area contributed by atoms with Crippen molar-refractivity contribution in [3.63, 3.8) is 0 Å². The molecule has 1 amide bonds. The van der Waals surface area contributed by atoms with Crippen LogP contribution in [0, 0.1) is 0 Å². The van der Waals surface area contributed by atoms with Gasteiger partial charge in [-0.15, -0.1) is 0 Å². The highest BCUT2D eigenvalue weighted by molar-refractivity contribution is 5.95. The first-order valence-electron chi connectivity index (χ1n) is 12.2. The molecule has 5 rings (SSSR count). The molecule has 1 aliphatic heterocycles. The second-order valence-corrected chi connectivity index (χ2v) is 8.78. The van der Waals surface area contributed by atoms with Crippen molar-refractivity contribution < 1.29 is 9.53 Å². The van der Waals surface area contributed by atoms with Crippen LogP contribution in [0.15, 0.2) is 91.3 Å². The molecule has 0 bridgehead atoms. The third kappa shape index (κ3) is 6.25. The lowest BCUT2D eigenvalue weighted by Crippen LogP contribution is -2.43. The molecule has 182 valence electrons. The third-order valence-electron chi connectivity index (χ3n) is 6.09. The molecule has 1 atom stereocenters. The Morgan fingerprint density at radius 1 is 0.917 bits per heavy atom. The Kier molecular flexibility index (Phi) is 7.49. The van der Waals surface area contributed by atoms with E-state index in [2.05, 4.69) is 25.9 Å². The van der Waals surface area contributed by atoms with E-state index in [-0.39, 0.29) is 11.9 Å². The summed E-state index contributed by atoms with van der Waals surface area (Å²) in [6.45, 7) is 1.41. The Morgan fingerprint density at radius 3 is 2.56 bits per heavy atom. The average molecular weight is 480 g/mol. The van der Waals surface area contributed by atoms with Crippen LogP contribution in [0.1, 0.15) is 24.8 Å². The quantitative estimate of drug-likeness (QED) is 0.307. The standard InChI is InChI=1S/C29H29N5O2/c35-29(26-11-4-5-16-30-26)34-24-10-6-9-23(17-24)33-28-18-27(31-20-32-28)22-12-14-25(15-13-22)36-19-21-7-2-1-3-8-21/h1-3,6-10,12-15,17-18,20,26,30H,4-5,11,16,19H2,(H,34,35)(H,31,32,33)/t26-/m0/s1. The van der Waals surface area contributed by atoms with Crippen molar-refractivity contribution in [2.75, 3.05) is 17.2 Å². The van der Waals surface area contributed by atoms with Crippen LogP contribution in [0.25, 0.3) is 11.3 Å². The zero-order chi connectivity index (χ0) is 24.6. The summed E-state index contributed by atoms with van der Waals surface area (Å²) >= 11 is 0. The van der Waals surface area contributed by atoms with Gasteiger partial charge < -0.3 is 20.7 Å². The summed E-state index contributed by atoms with van der Waals surface area (Å²) in [5.41, 5.74) is 4.47. The van der Waals surface area contributed by atoms with Crippen LogP contribution in [-0.4, -0.2) is 28.5 Å². The Morgan fingerprint density at radius 2 is 1.75 bits per heavy atom. The molecule has 0 radical (unpaired) electrons. The number of amides is 1. The summed E-state index contributed by atoms with van der Waals surface area (Å²) in [7, 11) is 0. The summed E-state index contributed by atoms with van der Waals surface area (Å²) < 4.78 is 5.88. The summed E-state index contributed by atoms with van der Waals surface area (Å²) in [5, 5.41) is 9.61. The van der Waals surface area contributed by atoms with Crippen molar-refractivity contribution in [2.24, 2.45) is 0 Å². The van der Waals surface area contributed by atoms with Gasteiger partial charge in [0.25, 0.3) is 0 Å². The molecular weight excluding hydrogens is 450 g/mol. The number of carbonyl (C=O) groups is 1. The van der Waals surface area contributed by atoms with Crippen molar-refractivity contribution >= 4 is 23.1 Å². The Labute approximate surface area is 211 Å². The van der Waals surface area contributed by atoms with E-state index in [1.54, 1.807) is 0 Å².